The fraction of sp³-hybridized carbons (Fsp3) is 0.222. The Morgan fingerprint density at radius 1 is 1.05 bits per heavy atom. The second kappa shape index (κ2) is 9.07. The van der Waals surface area contributed by atoms with Gasteiger partial charge in [-0.05, 0) is 24.1 Å². The van der Waals surface area contributed by atoms with E-state index in [9.17, 15) is 0 Å². The van der Waals surface area contributed by atoms with E-state index in [0.29, 0.717) is 19.7 Å². The normalized spacial score (nSPS) is 9.52. The summed E-state index contributed by atoms with van der Waals surface area (Å²) in [5.41, 5.74) is 3.57. The van der Waals surface area contributed by atoms with Gasteiger partial charge in [0.2, 0.25) is 0 Å². The number of nitrogens with one attached hydrogen (secondary N) is 1. The molecule has 0 fully saturated rings. The smallest absolute Gasteiger partial charge is 0.124 e. The lowest BCUT2D eigenvalue weighted by atomic mass is 10.1. The second-order valence-corrected chi connectivity index (χ2v) is 4.63. The Bertz CT molecular complexity index is 604. The third kappa shape index (κ3) is 5.15. The van der Waals surface area contributed by atoms with Crippen molar-refractivity contribution in [1.29, 1.82) is 0 Å². The molecule has 0 bridgehead atoms. The molecule has 0 spiro atoms. The molecule has 2 rings (SSSR count). The maximum Gasteiger partial charge on any atom is 0.124 e. The summed E-state index contributed by atoms with van der Waals surface area (Å²) in [5.74, 6) is 3.47. The van der Waals surface area contributed by atoms with Gasteiger partial charge in [0.1, 0.15) is 12.4 Å². The Morgan fingerprint density at radius 2 is 1.71 bits per heavy atom. The van der Waals surface area contributed by atoms with Crippen LogP contribution in [0.3, 0.4) is 0 Å². The molecular weight excluding hydrogens is 282 g/mol. The second-order valence-electron chi connectivity index (χ2n) is 4.63. The molecule has 21 heavy (non-hydrogen) atoms. The molecule has 0 aromatic heterocycles. The van der Waals surface area contributed by atoms with Gasteiger partial charge in [0.05, 0.1) is 6.54 Å². The van der Waals surface area contributed by atoms with E-state index in [1.165, 1.54) is 11.1 Å². The first-order chi connectivity index (χ1) is 9.81. The van der Waals surface area contributed by atoms with E-state index in [1.807, 2.05) is 30.3 Å². The van der Waals surface area contributed by atoms with Crippen molar-refractivity contribution in [2.45, 2.75) is 20.1 Å². The van der Waals surface area contributed by atoms with Gasteiger partial charge in [0.15, 0.2) is 0 Å². The third-order valence-corrected chi connectivity index (χ3v) is 3.16. The van der Waals surface area contributed by atoms with Gasteiger partial charge in [-0.3, -0.25) is 0 Å². The molecule has 0 unspecified atom stereocenters. The van der Waals surface area contributed by atoms with Crippen molar-refractivity contribution in [2.24, 2.45) is 0 Å². The molecule has 2 aromatic rings. The van der Waals surface area contributed by atoms with Crippen molar-refractivity contribution in [2.75, 3.05) is 6.54 Å². The minimum absolute atomic E-state index is 0. The lowest BCUT2D eigenvalue weighted by molar-refractivity contribution is 0.301. The Morgan fingerprint density at radius 3 is 2.43 bits per heavy atom. The number of rotatable bonds is 6. The average Bonchev–Trinajstić information content (AvgIpc) is 2.48. The highest BCUT2D eigenvalue weighted by Gasteiger charge is 2.04. The summed E-state index contributed by atoms with van der Waals surface area (Å²) >= 11 is 0. The Balaban J connectivity index is 0.00000220. The van der Waals surface area contributed by atoms with Gasteiger partial charge in [-0.2, -0.15) is 0 Å². The van der Waals surface area contributed by atoms with Gasteiger partial charge in [-0.1, -0.05) is 48.4 Å². The van der Waals surface area contributed by atoms with Crippen LogP contribution in [0, 0.1) is 19.3 Å². The molecule has 0 atom stereocenters. The molecule has 2 aromatic carbocycles. The van der Waals surface area contributed by atoms with Crippen molar-refractivity contribution in [1.82, 2.24) is 5.32 Å². The first-order valence-corrected chi connectivity index (χ1v) is 6.70. The van der Waals surface area contributed by atoms with Gasteiger partial charge >= 0.3 is 0 Å². The van der Waals surface area contributed by atoms with E-state index in [2.05, 4.69) is 36.4 Å². The lowest BCUT2D eigenvalue weighted by Crippen LogP contribution is -2.14. The lowest BCUT2D eigenvalue weighted by Gasteiger charge is -2.12. The molecule has 110 valence electrons. The first kappa shape index (κ1) is 17.1. The predicted molar refractivity (Wildman–Crippen MR) is 89.7 cm³/mol. The number of para-hydroxylation sites is 1. The van der Waals surface area contributed by atoms with E-state index < -0.39 is 0 Å². The summed E-state index contributed by atoms with van der Waals surface area (Å²) in [6, 6.07) is 16.3. The van der Waals surface area contributed by atoms with E-state index >= 15 is 0 Å². The number of terminal acetylenes is 1. The standard InChI is InChI=1S/C18H19NO.ClH/c1-3-12-19-13-16-9-6-7-11-18(16)20-14-17-10-5-4-8-15(17)2;/h1,4-11,19H,12-14H2,2H3;1H. The van der Waals surface area contributed by atoms with Crippen molar-refractivity contribution < 1.29 is 4.74 Å². The summed E-state index contributed by atoms with van der Waals surface area (Å²) in [7, 11) is 0. The van der Waals surface area contributed by atoms with Crippen molar-refractivity contribution >= 4 is 12.4 Å². The number of hydrogen-bond donors (Lipinski definition) is 1. The molecule has 2 nitrogen and oxygen atoms in total. The quantitative estimate of drug-likeness (QED) is 0.648. The molecular formula is C18H20ClNO. The predicted octanol–water partition coefficient (Wildman–Crippen LogP) is 3.72. The monoisotopic (exact) mass is 301 g/mol. The number of ether oxygens (including phenoxy) is 1. The molecule has 0 aliphatic heterocycles. The van der Waals surface area contributed by atoms with Crippen LogP contribution in [0.25, 0.3) is 0 Å². The van der Waals surface area contributed by atoms with E-state index in [0.717, 1.165) is 11.3 Å². The zero-order valence-corrected chi connectivity index (χ0v) is 13.0. The molecule has 0 saturated heterocycles. The largest absolute Gasteiger partial charge is 0.489 e. The van der Waals surface area contributed by atoms with Crippen LogP contribution < -0.4 is 10.1 Å². The van der Waals surface area contributed by atoms with Crippen LogP contribution >= 0.6 is 12.4 Å². The maximum absolute atomic E-state index is 5.94. The van der Waals surface area contributed by atoms with Crippen LogP contribution in [0.2, 0.25) is 0 Å². The van der Waals surface area contributed by atoms with Gasteiger partial charge in [-0.15, -0.1) is 18.8 Å². The van der Waals surface area contributed by atoms with Crippen LogP contribution in [-0.4, -0.2) is 6.54 Å². The molecule has 0 heterocycles. The zero-order valence-electron chi connectivity index (χ0n) is 12.1. The molecule has 0 amide bonds. The highest BCUT2D eigenvalue weighted by Crippen LogP contribution is 2.20. The first-order valence-electron chi connectivity index (χ1n) is 6.70. The fourth-order valence-corrected chi connectivity index (χ4v) is 1.99. The number of halogens is 1. The van der Waals surface area contributed by atoms with Gasteiger partial charge in [0.25, 0.3) is 0 Å². The number of benzene rings is 2. The van der Waals surface area contributed by atoms with Crippen LogP contribution in [0.5, 0.6) is 5.75 Å². The van der Waals surface area contributed by atoms with Crippen molar-refractivity contribution in [3.05, 3.63) is 65.2 Å². The molecule has 3 heteroatoms. The summed E-state index contributed by atoms with van der Waals surface area (Å²) in [4.78, 5) is 0. The van der Waals surface area contributed by atoms with E-state index in [-0.39, 0.29) is 12.4 Å². The van der Waals surface area contributed by atoms with Crippen molar-refractivity contribution in [3.8, 4) is 18.1 Å². The van der Waals surface area contributed by atoms with E-state index in [4.69, 9.17) is 11.2 Å². The van der Waals surface area contributed by atoms with Gasteiger partial charge < -0.3 is 10.1 Å². The molecule has 0 aliphatic rings. The van der Waals surface area contributed by atoms with Crippen molar-refractivity contribution in [3.63, 3.8) is 0 Å². The maximum atomic E-state index is 5.94. The van der Waals surface area contributed by atoms with Crippen LogP contribution in [0.15, 0.2) is 48.5 Å². The van der Waals surface area contributed by atoms with Crippen LogP contribution in [0.1, 0.15) is 16.7 Å². The third-order valence-electron chi connectivity index (χ3n) is 3.16. The van der Waals surface area contributed by atoms with Gasteiger partial charge in [0, 0.05) is 12.1 Å². The van der Waals surface area contributed by atoms with Crippen LogP contribution in [-0.2, 0) is 13.2 Å². The van der Waals surface area contributed by atoms with E-state index in [1.54, 1.807) is 0 Å². The number of aryl methyl sites for hydroxylation is 1. The Hall–Kier alpha value is -1.95. The SMILES string of the molecule is C#CCNCc1ccccc1OCc1ccccc1C.Cl. The Labute approximate surface area is 132 Å². The molecule has 1 N–H and O–H groups in total. The average molecular weight is 302 g/mol. The zero-order chi connectivity index (χ0) is 14.2. The fourth-order valence-electron chi connectivity index (χ4n) is 1.99. The highest BCUT2D eigenvalue weighted by atomic mass is 35.5. The minimum atomic E-state index is 0. The number of hydrogen-bond acceptors (Lipinski definition) is 2. The highest BCUT2D eigenvalue weighted by molar-refractivity contribution is 5.85. The molecule has 0 radical (unpaired) electrons. The summed E-state index contributed by atoms with van der Waals surface area (Å²) < 4.78 is 5.94. The minimum Gasteiger partial charge on any atom is -0.489 e. The summed E-state index contributed by atoms with van der Waals surface area (Å²) in [6.07, 6.45) is 5.24. The molecule has 0 aliphatic carbocycles. The summed E-state index contributed by atoms with van der Waals surface area (Å²) in [6.45, 7) is 3.96. The topological polar surface area (TPSA) is 21.3 Å². The van der Waals surface area contributed by atoms with Gasteiger partial charge in [-0.25, -0.2) is 0 Å². The van der Waals surface area contributed by atoms with Crippen LogP contribution in [0.4, 0.5) is 0 Å². The summed E-state index contributed by atoms with van der Waals surface area (Å²) in [5, 5.41) is 3.19. The Kier molecular flexibility index (Phi) is 7.39. The molecule has 0 saturated carbocycles.